The Hall–Kier alpha value is -4.62. The molecular weight excluding hydrogens is 480 g/mol. The summed E-state index contributed by atoms with van der Waals surface area (Å²) in [4.78, 5) is 36.6. The number of methoxy groups -OCH3 is 2. The summed E-state index contributed by atoms with van der Waals surface area (Å²) in [6, 6.07) is 32.8. The molecule has 2 heterocycles. The summed E-state index contributed by atoms with van der Waals surface area (Å²) in [6.07, 6.45) is -1.09. The maximum atomic E-state index is 14.7. The van der Waals surface area contributed by atoms with Gasteiger partial charge in [-0.25, -0.2) is 9.96 Å². The van der Waals surface area contributed by atoms with Crippen molar-refractivity contribution in [3.05, 3.63) is 120 Å². The fourth-order valence-corrected chi connectivity index (χ4v) is 5.57. The number of carbonyl (C=O) groups excluding carboxylic acids is 2. The average molecular weight is 507 g/mol. The van der Waals surface area contributed by atoms with Crippen LogP contribution in [0.4, 0.5) is 11.4 Å². The predicted octanol–water partition coefficient (Wildman–Crippen LogP) is 5.08. The van der Waals surface area contributed by atoms with E-state index in [9.17, 15) is 9.59 Å². The van der Waals surface area contributed by atoms with E-state index in [1.165, 1.54) is 4.90 Å². The second-order valence-corrected chi connectivity index (χ2v) is 9.24. The van der Waals surface area contributed by atoms with Crippen molar-refractivity contribution in [2.45, 2.75) is 17.6 Å². The number of imide groups is 1. The standard InChI is InChI=1S/C31H26N2O5/c1-36-25-18-16-21(17-19-25)27-31(22-10-5-3-6-11-22)28(38-33(27)23-12-7-4-8-13-23)29(34)32(30(31)35)24-14-9-15-26(20-24)37-2/h3-20,27-28H,1-2H3/t27-,28+,31-/m0/s1. The van der Waals surface area contributed by atoms with Crippen LogP contribution in [0.15, 0.2) is 109 Å². The molecule has 4 aromatic carbocycles. The van der Waals surface area contributed by atoms with E-state index in [2.05, 4.69) is 0 Å². The molecule has 0 bridgehead atoms. The molecule has 0 N–H and O–H groups in total. The van der Waals surface area contributed by atoms with Crippen LogP contribution < -0.4 is 19.4 Å². The van der Waals surface area contributed by atoms with Gasteiger partial charge in [-0.1, -0.05) is 66.7 Å². The van der Waals surface area contributed by atoms with Crippen LogP contribution in [0.5, 0.6) is 11.5 Å². The van der Waals surface area contributed by atoms with Crippen molar-refractivity contribution in [1.29, 1.82) is 0 Å². The number of rotatable bonds is 6. The van der Waals surface area contributed by atoms with Crippen molar-refractivity contribution < 1.29 is 23.9 Å². The van der Waals surface area contributed by atoms with Crippen LogP contribution in [-0.2, 0) is 19.8 Å². The molecule has 0 unspecified atom stereocenters. The SMILES string of the molecule is COc1ccc([C@@H]2N(c3ccccc3)O[C@@H]3C(=O)N(c4cccc(OC)c4)C(=O)[C@]32c2ccccc2)cc1. The molecular formula is C31H26N2O5. The van der Waals surface area contributed by atoms with Crippen LogP contribution in [0.1, 0.15) is 17.2 Å². The minimum Gasteiger partial charge on any atom is -0.497 e. The summed E-state index contributed by atoms with van der Waals surface area (Å²) >= 11 is 0. The third-order valence-electron chi connectivity index (χ3n) is 7.31. The lowest BCUT2D eigenvalue weighted by Gasteiger charge is -2.35. The molecule has 6 rings (SSSR count). The first-order chi connectivity index (χ1) is 18.6. The lowest BCUT2D eigenvalue weighted by Crippen LogP contribution is -2.46. The Morgan fingerprint density at radius 3 is 2.00 bits per heavy atom. The number of para-hydroxylation sites is 1. The molecule has 2 saturated heterocycles. The minimum absolute atomic E-state index is 0.355. The second-order valence-electron chi connectivity index (χ2n) is 9.24. The fraction of sp³-hybridized carbons (Fsp3) is 0.161. The monoisotopic (exact) mass is 506 g/mol. The Kier molecular flexibility index (Phi) is 5.85. The van der Waals surface area contributed by atoms with Crippen molar-refractivity contribution >= 4 is 23.2 Å². The number of nitrogens with zero attached hydrogens (tertiary/aromatic N) is 2. The number of amides is 2. The summed E-state index contributed by atoms with van der Waals surface area (Å²) in [5.41, 5.74) is 1.34. The molecule has 0 spiro atoms. The Morgan fingerprint density at radius 2 is 1.34 bits per heavy atom. The highest BCUT2D eigenvalue weighted by Crippen LogP contribution is 2.57. The van der Waals surface area contributed by atoms with Crippen molar-refractivity contribution in [3.63, 3.8) is 0 Å². The van der Waals surface area contributed by atoms with E-state index >= 15 is 0 Å². The number of hydrogen-bond donors (Lipinski definition) is 0. The van der Waals surface area contributed by atoms with Gasteiger partial charge in [-0.3, -0.25) is 14.4 Å². The molecule has 7 nitrogen and oxygen atoms in total. The zero-order valence-electron chi connectivity index (χ0n) is 21.0. The Labute approximate surface area is 220 Å². The molecule has 2 aliphatic heterocycles. The zero-order valence-corrected chi connectivity index (χ0v) is 21.0. The molecule has 2 amide bonds. The van der Waals surface area contributed by atoms with Gasteiger partial charge >= 0.3 is 0 Å². The summed E-state index contributed by atoms with van der Waals surface area (Å²) in [5, 5.41) is 1.71. The minimum atomic E-state index is -1.36. The quantitative estimate of drug-likeness (QED) is 0.340. The fourth-order valence-electron chi connectivity index (χ4n) is 5.57. The lowest BCUT2D eigenvalue weighted by atomic mass is 9.69. The Morgan fingerprint density at radius 1 is 0.711 bits per heavy atom. The van der Waals surface area contributed by atoms with E-state index in [4.69, 9.17) is 14.3 Å². The van der Waals surface area contributed by atoms with Crippen molar-refractivity contribution in [2.24, 2.45) is 0 Å². The van der Waals surface area contributed by atoms with E-state index in [1.807, 2.05) is 84.9 Å². The van der Waals surface area contributed by atoms with Crippen molar-refractivity contribution in [2.75, 3.05) is 24.2 Å². The van der Waals surface area contributed by atoms with Gasteiger partial charge in [0.15, 0.2) is 6.10 Å². The van der Waals surface area contributed by atoms with E-state index < -0.39 is 23.5 Å². The number of fused-ring (bicyclic) bond motifs is 1. The normalized spacial score (nSPS) is 22.5. The van der Waals surface area contributed by atoms with E-state index in [1.54, 1.807) is 43.5 Å². The molecule has 2 aliphatic rings. The predicted molar refractivity (Wildman–Crippen MR) is 143 cm³/mol. The zero-order chi connectivity index (χ0) is 26.3. The highest BCUT2D eigenvalue weighted by Gasteiger charge is 2.72. The van der Waals surface area contributed by atoms with Gasteiger partial charge in [0.1, 0.15) is 23.0 Å². The molecule has 0 aliphatic carbocycles. The topological polar surface area (TPSA) is 68.3 Å². The highest BCUT2D eigenvalue weighted by molar-refractivity contribution is 6.28. The van der Waals surface area contributed by atoms with Gasteiger partial charge in [-0.05, 0) is 47.5 Å². The number of anilines is 2. The van der Waals surface area contributed by atoms with Gasteiger partial charge in [-0.2, -0.15) is 0 Å². The molecule has 0 radical (unpaired) electrons. The van der Waals surface area contributed by atoms with E-state index in [-0.39, 0.29) is 5.91 Å². The summed E-state index contributed by atoms with van der Waals surface area (Å²) in [5.74, 6) is 0.457. The molecule has 3 atom stereocenters. The van der Waals surface area contributed by atoms with Crippen molar-refractivity contribution in [1.82, 2.24) is 0 Å². The van der Waals surface area contributed by atoms with Gasteiger partial charge in [0.05, 0.1) is 25.6 Å². The molecule has 7 heteroatoms. The van der Waals surface area contributed by atoms with Crippen LogP contribution in [0.25, 0.3) is 0 Å². The smallest absolute Gasteiger partial charge is 0.267 e. The maximum Gasteiger partial charge on any atom is 0.267 e. The summed E-state index contributed by atoms with van der Waals surface area (Å²) in [7, 11) is 3.16. The van der Waals surface area contributed by atoms with Crippen LogP contribution in [0, 0.1) is 0 Å². The number of carbonyl (C=O) groups is 2. The largest absolute Gasteiger partial charge is 0.497 e. The van der Waals surface area contributed by atoms with Gasteiger partial charge in [0, 0.05) is 6.07 Å². The first-order valence-electron chi connectivity index (χ1n) is 12.3. The first kappa shape index (κ1) is 23.8. The first-order valence-corrected chi connectivity index (χ1v) is 12.3. The maximum absolute atomic E-state index is 14.7. The summed E-state index contributed by atoms with van der Waals surface area (Å²) < 4.78 is 10.8. The Balaban J connectivity index is 1.60. The number of hydroxylamine groups is 1. The molecule has 0 aromatic heterocycles. The third kappa shape index (κ3) is 3.47. The lowest BCUT2D eigenvalue weighted by molar-refractivity contribution is -0.126. The second kappa shape index (κ2) is 9.36. The number of hydrogen-bond acceptors (Lipinski definition) is 6. The third-order valence-corrected chi connectivity index (χ3v) is 7.31. The average Bonchev–Trinajstić information content (AvgIpc) is 3.45. The molecule has 190 valence electrons. The van der Waals surface area contributed by atoms with Crippen LogP contribution in [0.3, 0.4) is 0 Å². The molecule has 4 aromatic rings. The van der Waals surface area contributed by atoms with Gasteiger partial charge in [0.2, 0.25) is 5.91 Å². The Bertz CT molecular complexity index is 1480. The van der Waals surface area contributed by atoms with E-state index in [0.717, 1.165) is 11.3 Å². The van der Waals surface area contributed by atoms with Gasteiger partial charge < -0.3 is 9.47 Å². The number of benzene rings is 4. The molecule has 0 saturated carbocycles. The van der Waals surface area contributed by atoms with Gasteiger partial charge in [0.25, 0.3) is 5.91 Å². The van der Waals surface area contributed by atoms with Crippen LogP contribution in [-0.4, -0.2) is 32.1 Å². The van der Waals surface area contributed by atoms with E-state index in [0.29, 0.717) is 22.7 Å². The van der Waals surface area contributed by atoms with Gasteiger partial charge in [-0.15, -0.1) is 0 Å². The number of ether oxygens (including phenoxy) is 2. The van der Waals surface area contributed by atoms with Crippen molar-refractivity contribution in [3.8, 4) is 11.5 Å². The molecule has 38 heavy (non-hydrogen) atoms. The molecule has 2 fully saturated rings. The summed E-state index contributed by atoms with van der Waals surface area (Å²) in [6.45, 7) is 0. The highest BCUT2D eigenvalue weighted by atomic mass is 16.7. The van der Waals surface area contributed by atoms with Crippen LogP contribution >= 0.6 is 0 Å². The van der Waals surface area contributed by atoms with Crippen LogP contribution in [0.2, 0.25) is 0 Å².